The van der Waals surface area contributed by atoms with E-state index in [1.54, 1.807) is 54.6 Å². The van der Waals surface area contributed by atoms with E-state index in [0.717, 1.165) is 5.56 Å². The van der Waals surface area contributed by atoms with Crippen LogP contribution in [-0.2, 0) is 14.3 Å². The maximum Gasteiger partial charge on any atom is 0.339 e. The highest BCUT2D eigenvalue weighted by molar-refractivity contribution is 8.00. The molecule has 0 saturated carbocycles. The van der Waals surface area contributed by atoms with Crippen LogP contribution in [0, 0.1) is 6.92 Å². The number of benzene rings is 3. The minimum Gasteiger partial charge on any atom is -0.454 e. The Morgan fingerprint density at radius 3 is 2.41 bits per heavy atom. The second-order valence-electron chi connectivity index (χ2n) is 7.39. The normalized spacial score (nSPS) is 11.6. The molecule has 0 fully saturated rings. The van der Waals surface area contributed by atoms with Crippen molar-refractivity contribution in [3.63, 3.8) is 0 Å². The van der Waals surface area contributed by atoms with E-state index >= 15 is 0 Å². The van der Waals surface area contributed by atoms with E-state index in [-0.39, 0.29) is 24.0 Å². The van der Waals surface area contributed by atoms with E-state index in [4.69, 9.17) is 14.2 Å². The van der Waals surface area contributed by atoms with Gasteiger partial charge in [0, 0.05) is 22.3 Å². The monoisotopic (exact) mass is 478 g/mol. The van der Waals surface area contributed by atoms with Gasteiger partial charge in [-0.1, -0.05) is 29.8 Å². The number of esters is 1. The van der Waals surface area contributed by atoms with Gasteiger partial charge >= 0.3 is 5.97 Å². The molecule has 1 heterocycles. The molecule has 3 aromatic rings. The number of aryl methyl sites for hydroxylation is 1. The van der Waals surface area contributed by atoms with Gasteiger partial charge in [-0.05, 0) is 43.3 Å². The first-order valence-electron chi connectivity index (χ1n) is 10.4. The quantitative estimate of drug-likeness (QED) is 0.369. The average molecular weight is 479 g/mol. The fourth-order valence-electron chi connectivity index (χ4n) is 3.12. The molecule has 4 rings (SSSR count). The van der Waals surface area contributed by atoms with Crippen LogP contribution in [0.3, 0.4) is 0 Å². The molecule has 0 atom stereocenters. The third-order valence-electron chi connectivity index (χ3n) is 4.79. The van der Waals surface area contributed by atoms with Crippen molar-refractivity contribution in [2.24, 2.45) is 0 Å². The van der Waals surface area contributed by atoms with Crippen molar-refractivity contribution in [3.8, 4) is 11.5 Å². The maximum atomic E-state index is 12.6. The third kappa shape index (κ3) is 6.08. The van der Waals surface area contributed by atoms with Crippen molar-refractivity contribution in [2.45, 2.75) is 11.8 Å². The number of thioether (sulfide) groups is 1. The molecule has 0 spiro atoms. The number of carbonyl (C=O) groups is 3. The molecule has 3 aromatic carbocycles. The Labute approximate surface area is 200 Å². The molecule has 1 aliphatic rings. The Morgan fingerprint density at radius 1 is 0.882 bits per heavy atom. The van der Waals surface area contributed by atoms with Crippen molar-refractivity contribution in [1.82, 2.24) is 0 Å². The molecule has 2 N–H and O–H groups in total. The number of hydrogen-bond acceptors (Lipinski definition) is 7. The zero-order valence-electron chi connectivity index (χ0n) is 18.3. The summed E-state index contributed by atoms with van der Waals surface area (Å²) in [5.74, 6) is -0.0438. The van der Waals surface area contributed by atoms with E-state index in [2.05, 4.69) is 10.6 Å². The fourth-order valence-corrected chi connectivity index (χ4v) is 3.96. The van der Waals surface area contributed by atoms with Crippen LogP contribution < -0.4 is 20.1 Å². The highest BCUT2D eigenvalue weighted by atomic mass is 32.2. The Balaban J connectivity index is 1.29. The molecule has 8 nitrogen and oxygen atoms in total. The topological polar surface area (TPSA) is 103 Å². The molecular formula is C25H22N2O6S. The highest BCUT2D eigenvalue weighted by Crippen LogP contribution is 2.34. The van der Waals surface area contributed by atoms with Crippen molar-refractivity contribution in [3.05, 3.63) is 77.9 Å². The van der Waals surface area contributed by atoms with Gasteiger partial charge in [-0.25, -0.2) is 4.79 Å². The minimum absolute atomic E-state index is 0.0760. The maximum absolute atomic E-state index is 12.6. The number of ether oxygens (including phenoxy) is 3. The standard InChI is InChI=1S/C25H22N2O6S/c1-16-6-8-17(9-7-16)26-23(28)13-31-25(30)19-4-2-3-5-22(19)34-14-24(29)27-18-10-11-20-21(12-18)33-15-32-20/h2-12H,13-15H2,1H3,(H,26,28)(H,27,29). The second kappa shape index (κ2) is 10.8. The number of amides is 2. The SMILES string of the molecule is Cc1ccc(NC(=O)COC(=O)c2ccccc2SCC(=O)Nc2ccc3c(c2)OCO3)cc1. The van der Waals surface area contributed by atoms with Crippen LogP contribution in [0.4, 0.5) is 11.4 Å². The summed E-state index contributed by atoms with van der Waals surface area (Å²) in [7, 11) is 0. The fraction of sp³-hybridized carbons (Fsp3) is 0.160. The molecule has 9 heteroatoms. The predicted molar refractivity (Wildman–Crippen MR) is 128 cm³/mol. The summed E-state index contributed by atoms with van der Waals surface area (Å²) < 4.78 is 15.8. The van der Waals surface area contributed by atoms with E-state index in [1.807, 2.05) is 19.1 Å². The zero-order chi connectivity index (χ0) is 23.9. The van der Waals surface area contributed by atoms with E-state index < -0.39 is 18.5 Å². The van der Waals surface area contributed by atoms with Gasteiger partial charge in [-0.3, -0.25) is 9.59 Å². The van der Waals surface area contributed by atoms with Crippen LogP contribution in [0.1, 0.15) is 15.9 Å². The number of anilines is 2. The second-order valence-corrected chi connectivity index (χ2v) is 8.41. The van der Waals surface area contributed by atoms with Crippen LogP contribution in [0.25, 0.3) is 0 Å². The average Bonchev–Trinajstić information content (AvgIpc) is 3.31. The van der Waals surface area contributed by atoms with Gasteiger partial charge in [0.25, 0.3) is 5.91 Å². The van der Waals surface area contributed by atoms with Crippen molar-refractivity contribution in [1.29, 1.82) is 0 Å². The number of hydrogen-bond donors (Lipinski definition) is 2. The van der Waals surface area contributed by atoms with Crippen LogP contribution >= 0.6 is 11.8 Å². The summed E-state index contributed by atoms with van der Waals surface area (Å²) in [5, 5.41) is 5.47. The first kappa shape index (κ1) is 23.2. The molecule has 2 amide bonds. The summed E-state index contributed by atoms with van der Waals surface area (Å²) in [5.41, 5.74) is 2.56. The molecule has 0 unspecified atom stereocenters. The lowest BCUT2D eigenvalue weighted by Gasteiger charge is -2.10. The lowest BCUT2D eigenvalue weighted by Crippen LogP contribution is -2.21. The molecule has 174 valence electrons. The Kier molecular flexibility index (Phi) is 7.34. The first-order chi connectivity index (χ1) is 16.5. The Morgan fingerprint density at radius 2 is 1.59 bits per heavy atom. The summed E-state index contributed by atoms with van der Waals surface area (Å²) in [6, 6.07) is 19.2. The Hall–Kier alpha value is -3.98. The minimum atomic E-state index is -0.640. The lowest BCUT2D eigenvalue weighted by molar-refractivity contribution is -0.119. The molecule has 0 bridgehead atoms. The van der Waals surface area contributed by atoms with Gasteiger partial charge in [0.1, 0.15) is 0 Å². The lowest BCUT2D eigenvalue weighted by atomic mass is 10.2. The molecular weight excluding hydrogens is 456 g/mol. The van der Waals surface area contributed by atoms with E-state index in [0.29, 0.717) is 27.8 Å². The molecule has 0 saturated heterocycles. The van der Waals surface area contributed by atoms with Gasteiger partial charge in [-0.15, -0.1) is 11.8 Å². The summed E-state index contributed by atoms with van der Waals surface area (Å²) >= 11 is 1.20. The van der Waals surface area contributed by atoms with Crippen LogP contribution in [0.15, 0.2) is 71.6 Å². The van der Waals surface area contributed by atoms with E-state index in [1.165, 1.54) is 11.8 Å². The van der Waals surface area contributed by atoms with Crippen LogP contribution in [-0.4, -0.2) is 36.9 Å². The van der Waals surface area contributed by atoms with Crippen LogP contribution in [0.5, 0.6) is 11.5 Å². The van der Waals surface area contributed by atoms with Gasteiger partial charge in [0.05, 0.1) is 11.3 Å². The van der Waals surface area contributed by atoms with Crippen molar-refractivity contribution < 1.29 is 28.6 Å². The highest BCUT2D eigenvalue weighted by Gasteiger charge is 2.17. The smallest absolute Gasteiger partial charge is 0.339 e. The van der Waals surface area contributed by atoms with E-state index in [9.17, 15) is 14.4 Å². The van der Waals surface area contributed by atoms with Gasteiger partial charge in [-0.2, -0.15) is 0 Å². The van der Waals surface area contributed by atoms with Crippen molar-refractivity contribution >= 4 is 40.9 Å². The van der Waals surface area contributed by atoms with Gasteiger partial charge < -0.3 is 24.8 Å². The van der Waals surface area contributed by atoms with Gasteiger partial charge in [0.15, 0.2) is 18.1 Å². The summed E-state index contributed by atoms with van der Waals surface area (Å²) in [4.78, 5) is 37.7. The predicted octanol–water partition coefficient (Wildman–Crippen LogP) is 4.25. The van der Waals surface area contributed by atoms with Crippen molar-refractivity contribution in [2.75, 3.05) is 29.8 Å². The summed E-state index contributed by atoms with van der Waals surface area (Å²) in [6.07, 6.45) is 0. The molecule has 34 heavy (non-hydrogen) atoms. The third-order valence-corrected chi connectivity index (χ3v) is 5.87. The Bertz CT molecular complexity index is 1210. The molecule has 0 aromatic heterocycles. The van der Waals surface area contributed by atoms with Crippen LogP contribution in [0.2, 0.25) is 0 Å². The molecule has 0 radical (unpaired) electrons. The largest absolute Gasteiger partial charge is 0.454 e. The number of rotatable bonds is 8. The summed E-state index contributed by atoms with van der Waals surface area (Å²) in [6.45, 7) is 1.68. The number of carbonyl (C=O) groups excluding carboxylic acids is 3. The molecule has 0 aliphatic carbocycles. The first-order valence-corrected chi connectivity index (χ1v) is 11.4. The molecule has 1 aliphatic heterocycles. The number of nitrogens with one attached hydrogen (secondary N) is 2. The zero-order valence-corrected chi connectivity index (χ0v) is 19.1. The number of fused-ring (bicyclic) bond motifs is 1. The van der Waals surface area contributed by atoms with Gasteiger partial charge in [0.2, 0.25) is 12.7 Å².